The van der Waals surface area contributed by atoms with Crippen LogP contribution in [-0.2, 0) is 6.42 Å². The molecule has 0 bridgehead atoms. The number of benzene rings is 1. The van der Waals surface area contributed by atoms with Crippen LogP contribution in [0.4, 0.5) is 0 Å². The zero-order chi connectivity index (χ0) is 9.80. The van der Waals surface area contributed by atoms with E-state index in [1.54, 1.807) is 5.56 Å². The molecule has 1 unspecified atom stereocenters. The minimum Gasteiger partial charge on any atom is -0.122 e. The minimum absolute atomic E-state index is 0.839. The lowest BCUT2D eigenvalue weighted by molar-refractivity contribution is 0.692. The summed E-state index contributed by atoms with van der Waals surface area (Å²) in [6.07, 6.45) is 5.32. The summed E-state index contributed by atoms with van der Waals surface area (Å²) in [5.74, 6) is 0. The molecule has 1 aliphatic heterocycles. The van der Waals surface area contributed by atoms with E-state index in [0.717, 1.165) is 10.6 Å². The van der Waals surface area contributed by atoms with Crippen molar-refractivity contribution in [1.82, 2.24) is 0 Å². The van der Waals surface area contributed by atoms with Crippen molar-refractivity contribution in [2.24, 2.45) is 0 Å². The summed E-state index contributed by atoms with van der Waals surface area (Å²) in [4.78, 5) is 1.51. The van der Waals surface area contributed by atoms with Crippen molar-refractivity contribution in [2.45, 2.75) is 35.8 Å². The second kappa shape index (κ2) is 5.22. The predicted octanol–water partition coefficient (Wildman–Crippen LogP) is 4.27. The number of hydrogen-bond acceptors (Lipinski definition) is 1. The normalized spacial score (nSPS) is 19.6. The molecule has 1 heterocycles. The van der Waals surface area contributed by atoms with Crippen LogP contribution in [0.2, 0.25) is 0 Å². The fourth-order valence-electron chi connectivity index (χ4n) is 1.88. The van der Waals surface area contributed by atoms with Crippen molar-refractivity contribution < 1.29 is 0 Å². The molecule has 1 aliphatic rings. The molecule has 14 heavy (non-hydrogen) atoms. The maximum Gasteiger partial charge on any atom is 0.0135 e. The van der Waals surface area contributed by atoms with Gasteiger partial charge in [0.2, 0.25) is 0 Å². The number of rotatable bonds is 4. The second-order valence-electron chi connectivity index (χ2n) is 3.74. The Hall–Kier alpha value is 0.0500. The van der Waals surface area contributed by atoms with Gasteiger partial charge in [0.15, 0.2) is 0 Å². The Labute approximate surface area is 98.6 Å². The smallest absolute Gasteiger partial charge is 0.0135 e. The maximum absolute atomic E-state index is 3.48. The van der Waals surface area contributed by atoms with Gasteiger partial charge in [-0.15, -0.1) is 11.8 Å². The standard InChI is InChI=1S/C12H15BrS/c13-8-4-3-6-11-9-10-5-1-2-7-12(10)14-11/h1-2,5,7,11H,3-4,6,8-9H2. The monoisotopic (exact) mass is 270 g/mol. The van der Waals surface area contributed by atoms with Gasteiger partial charge in [-0.3, -0.25) is 0 Å². The van der Waals surface area contributed by atoms with E-state index in [2.05, 4.69) is 52.0 Å². The number of unbranched alkanes of at least 4 members (excludes halogenated alkanes) is 1. The van der Waals surface area contributed by atoms with E-state index in [4.69, 9.17) is 0 Å². The van der Waals surface area contributed by atoms with Gasteiger partial charge >= 0.3 is 0 Å². The largest absolute Gasteiger partial charge is 0.122 e. The predicted molar refractivity (Wildman–Crippen MR) is 67.4 cm³/mol. The zero-order valence-corrected chi connectivity index (χ0v) is 10.6. The summed E-state index contributed by atoms with van der Waals surface area (Å²) in [5.41, 5.74) is 1.56. The Morgan fingerprint density at radius 2 is 2.14 bits per heavy atom. The van der Waals surface area contributed by atoms with Gasteiger partial charge in [0.05, 0.1) is 0 Å². The molecule has 0 radical (unpaired) electrons. The average Bonchev–Trinajstić information content (AvgIpc) is 2.60. The molecule has 1 aromatic rings. The first-order valence-corrected chi connectivity index (χ1v) is 7.21. The van der Waals surface area contributed by atoms with Crippen molar-refractivity contribution in [1.29, 1.82) is 0 Å². The van der Waals surface area contributed by atoms with Crippen LogP contribution in [-0.4, -0.2) is 10.6 Å². The summed E-state index contributed by atoms with van der Waals surface area (Å²) in [6.45, 7) is 0. The lowest BCUT2D eigenvalue weighted by Gasteiger charge is -2.06. The van der Waals surface area contributed by atoms with E-state index in [1.165, 1.54) is 30.6 Å². The Balaban J connectivity index is 1.86. The molecular formula is C12H15BrS. The number of halogens is 1. The van der Waals surface area contributed by atoms with Gasteiger partial charge in [0.25, 0.3) is 0 Å². The van der Waals surface area contributed by atoms with Gasteiger partial charge in [-0.05, 0) is 30.9 Å². The van der Waals surface area contributed by atoms with Crippen LogP contribution >= 0.6 is 27.7 Å². The van der Waals surface area contributed by atoms with Crippen molar-refractivity contribution in [3.63, 3.8) is 0 Å². The molecule has 1 atom stereocenters. The molecule has 0 N–H and O–H groups in total. The van der Waals surface area contributed by atoms with E-state index in [0.29, 0.717) is 0 Å². The van der Waals surface area contributed by atoms with Crippen molar-refractivity contribution >= 4 is 27.7 Å². The van der Waals surface area contributed by atoms with E-state index in [1.807, 2.05) is 0 Å². The van der Waals surface area contributed by atoms with E-state index >= 15 is 0 Å². The molecule has 0 amide bonds. The lowest BCUT2D eigenvalue weighted by Crippen LogP contribution is -2.00. The average molecular weight is 271 g/mol. The molecule has 0 aromatic heterocycles. The summed E-state index contributed by atoms with van der Waals surface area (Å²) in [5, 5.41) is 1.99. The molecule has 0 aliphatic carbocycles. The lowest BCUT2D eigenvalue weighted by atomic mass is 10.1. The topological polar surface area (TPSA) is 0 Å². The fourth-order valence-corrected chi connectivity index (χ4v) is 3.64. The third-order valence-electron chi connectivity index (χ3n) is 2.62. The summed E-state index contributed by atoms with van der Waals surface area (Å²) in [6, 6.07) is 8.82. The number of thioether (sulfide) groups is 1. The van der Waals surface area contributed by atoms with Gasteiger partial charge in [-0.25, -0.2) is 0 Å². The Morgan fingerprint density at radius 3 is 2.93 bits per heavy atom. The maximum atomic E-state index is 3.48. The van der Waals surface area contributed by atoms with E-state index in [9.17, 15) is 0 Å². The molecule has 2 rings (SSSR count). The van der Waals surface area contributed by atoms with E-state index < -0.39 is 0 Å². The van der Waals surface area contributed by atoms with Gasteiger partial charge in [0.1, 0.15) is 0 Å². The summed E-state index contributed by atoms with van der Waals surface area (Å²) >= 11 is 5.55. The molecule has 0 saturated carbocycles. The van der Waals surface area contributed by atoms with Crippen LogP contribution < -0.4 is 0 Å². The Morgan fingerprint density at radius 1 is 1.29 bits per heavy atom. The van der Waals surface area contributed by atoms with Crippen LogP contribution in [0.15, 0.2) is 29.2 Å². The van der Waals surface area contributed by atoms with E-state index in [-0.39, 0.29) is 0 Å². The first-order chi connectivity index (χ1) is 6.90. The molecule has 0 fully saturated rings. The molecule has 76 valence electrons. The van der Waals surface area contributed by atoms with Crippen LogP contribution in [0.3, 0.4) is 0 Å². The van der Waals surface area contributed by atoms with Crippen molar-refractivity contribution in [2.75, 3.05) is 5.33 Å². The summed E-state index contributed by atoms with van der Waals surface area (Å²) in [7, 11) is 0. The molecule has 2 heteroatoms. The first-order valence-electron chi connectivity index (χ1n) is 5.20. The third-order valence-corrected chi connectivity index (χ3v) is 4.57. The highest BCUT2D eigenvalue weighted by Crippen LogP contribution is 2.38. The van der Waals surface area contributed by atoms with Gasteiger partial charge in [-0.2, -0.15) is 0 Å². The number of fused-ring (bicyclic) bond motifs is 1. The van der Waals surface area contributed by atoms with Gasteiger partial charge < -0.3 is 0 Å². The molecule has 0 saturated heterocycles. The van der Waals surface area contributed by atoms with Gasteiger partial charge in [-0.1, -0.05) is 40.5 Å². The number of hydrogen-bond donors (Lipinski definition) is 0. The molecule has 1 aromatic carbocycles. The first kappa shape index (κ1) is 10.6. The zero-order valence-electron chi connectivity index (χ0n) is 8.21. The summed E-state index contributed by atoms with van der Waals surface area (Å²) < 4.78 is 0. The van der Waals surface area contributed by atoms with Gasteiger partial charge in [0, 0.05) is 15.5 Å². The SMILES string of the molecule is BrCCCCC1Cc2ccccc2S1. The van der Waals surface area contributed by atoms with Crippen molar-refractivity contribution in [3.8, 4) is 0 Å². The molecule has 0 nitrogen and oxygen atoms in total. The number of alkyl halides is 1. The second-order valence-corrected chi connectivity index (χ2v) is 5.87. The Bertz CT molecular complexity index is 273. The highest BCUT2D eigenvalue weighted by molar-refractivity contribution is 9.09. The molecular weight excluding hydrogens is 256 g/mol. The van der Waals surface area contributed by atoms with Crippen LogP contribution in [0.5, 0.6) is 0 Å². The fraction of sp³-hybridized carbons (Fsp3) is 0.500. The highest BCUT2D eigenvalue weighted by Gasteiger charge is 2.20. The Kier molecular flexibility index (Phi) is 3.94. The van der Waals surface area contributed by atoms with Crippen LogP contribution in [0.25, 0.3) is 0 Å². The van der Waals surface area contributed by atoms with Crippen molar-refractivity contribution in [3.05, 3.63) is 29.8 Å². The van der Waals surface area contributed by atoms with Crippen LogP contribution in [0, 0.1) is 0 Å². The minimum atomic E-state index is 0.839. The quantitative estimate of drug-likeness (QED) is 0.582. The van der Waals surface area contributed by atoms with Crippen LogP contribution in [0.1, 0.15) is 24.8 Å². The third kappa shape index (κ3) is 2.54. The molecule has 0 spiro atoms. The highest BCUT2D eigenvalue weighted by atomic mass is 79.9.